The standard InChI is InChI=1S/C12H21N3O2/c1-10(7-15-6-4-5-13-15)14-11-8-16-12(2,3)17-9-11/h4-6,10-11,14H,7-9H2,1-3H3. The summed E-state index contributed by atoms with van der Waals surface area (Å²) in [6.45, 7) is 8.26. The quantitative estimate of drug-likeness (QED) is 0.852. The maximum Gasteiger partial charge on any atom is 0.162 e. The van der Waals surface area contributed by atoms with E-state index in [2.05, 4.69) is 17.3 Å². The second-order valence-electron chi connectivity index (χ2n) is 5.01. The van der Waals surface area contributed by atoms with E-state index in [0.29, 0.717) is 19.3 Å². The highest BCUT2D eigenvalue weighted by atomic mass is 16.7. The van der Waals surface area contributed by atoms with Crippen molar-refractivity contribution in [1.29, 1.82) is 0 Å². The van der Waals surface area contributed by atoms with Gasteiger partial charge in [0.2, 0.25) is 0 Å². The van der Waals surface area contributed by atoms with Crippen molar-refractivity contribution in [3.05, 3.63) is 18.5 Å². The van der Waals surface area contributed by atoms with Gasteiger partial charge in [0.1, 0.15) is 0 Å². The monoisotopic (exact) mass is 239 g/mol. The number of nitrogens with zero attached hydrogens (tertiary/aromatic N) is 2. The first-order chi connectivity index (χ1) is 8.05. The molecule has 0 spiro atoms. The van der Waals surface area contributed by atoms with Gasteiger partial charge in [-0.2, -0.15) is 5.10 Å². The van der Waals surface area contributed by atoms with Crippen LogP contribution in [0.2, 0.25) is 0 Å². The molecule has 1 N–H and O–H groups in total. The Morgan fingerprint density at radius 2 is 2.18 bits per heavy atom. The van der Waals surface area contributed by atoms with Crippen LogP contribution in [0.3, 0.4) is 0 Å². The lowest BCUT2D eigenvalue weighted by Gasteiger charge is -2.36. The Bertz CT molecular complexity index is 328. The lowest BCUT2D eigenvalue weighted by Crippen LogP contribution is -2.51. The fraction of sp³-hybridized carbons (Fsp3) is 0.750. The van der Waals surface area contributed by atoms with Crippen LogP contribution in [-0.2, 0) is 16.0 Å². The molecule has 17 heavy (non-hydrogen) atoms. The molecule has 1 fully saturated rings. The van der Waals surface area contributed by atoms with Crippen LogP contribution in [0.5, 0.6) is 0 Å². The third-order valence-electron chi connectivity index (χ3n) is 2.80. The van der Waals surface area contributed by atoms with E-state index >= 15 is 0 Å². The maximum atomic E-state index is 5.61. The summed E-state index contributed by atoms with van der Waals surface area (Å²) < 4.78 is 13.1. The topological polar surface area (TPSA) is 48.3 Å². The van der Waals surface area contributed by atoms with Crippen LogP contribution in [0.4, 0.5) is 0 Å². The second kappa shape index (κ2) is 5.16. The zero-order valence-electron chi connectivity index (χ0n) is 10.7. The molecule has 1 unspecified atom stereocenters. The fourth-order valence-electron chi connectivity index (χ4n) is 1.93. The first-order valence-corrected chi connectivity index (χ1v) is 6.06. The Morgan fingerprint density at radius 3 is 2.76 bits per heavy atom. The number of aromatic nitrogens is 2. The number of ether oxygens (including phenoxy) is 2. The highest BCUT2D eigenvalue weighted by Gasteiger charge is 2.28. The molecule has 1 aliphatic heterocycles. The molecule has 1 saturated heterocycles. The molecular weight excluding hydrogens is 218 g/mol. The molecule has 0 saturated carbocycles. The van der Waals surface area contributed by atoms with E-state index in [1.54, 1.807) is 6.20 Å². The van der Waals surface area contributed by atoms with Gasteiger partial charge in [0.25, 0.3) is 0 Å². The van der Waals surface area contributed by atoms with Gasteiger partial charge in [-0.25, -0.2) is 0 Å². The van der Waals surface area contributed by atoms with E-state index in [1.165, 1.54) is 0 Å². The molecule has 2 heterocycles. The van der Waals surface area contributed by atoms with Crippen molar-refractivity contribution in [3.63, 3.8) is 0 Å². The van der Waals surface area contributed by atoms with Crippen LogP contribution >= 0.6 is 0 Å². The third-order valence-corrected chi connectivity index (χ3v) is 2.80. The average molecular weight is 239 g/mol. The van der Waals surface area contributed by atoms with Crippen LogP contribution in [-0.4, -0.2) is 40.9 Å². The molecule has 1 aromatic rings. The summed E-state index contributed by atoms with van der Waals surface area (Å²) in [5, 5.41) is 7.67. The number of rotatable bonds is 4. The summed E-state index contributed by atoms with van der Waals surface area (Å²) in [5.41, 5.74) is 0. The van der Waals surface area contributed by atoms with Gasteiger partial charge in [0, 0.05) is 18.4 Å². The van der Waals surface area contributed by atoms with E-state index in [1.807, 2.05) is 30.8 Å². The van der Waals surface area contributed by atoms with Gasteiger partial charge in [0.05, 0.1) is 25.8 Å². The normalized spacial score (nSPS) is 22.5. The lowest BCUT2D eigenvalue weighted by atomic mass is 10.2. The molecule has 0 radical (unpaired) electrons. The Hall–Kier alpha value is -0.910. The van der Waals surface area contributed by atoms with Crippen molar-refractivity contribution in [2.75, 3.05) is 13.2 Å². The van der Waals surface area contributed by atoms with E-state index in [0.717, 1.165) is 6.54 Å². The predicted molar refractivity (Wildman–Crippen MR) is 64.6 cm³/mol. The van der Waals surface area contributed by atoms with Gasteiger partial charge in [-0.05, 0) is 26.8 Å². The van der Waals surface area contributed by atoms with Crippen molar-refractivity contribution in [2.45, 2.75) is 45.2 Å². The molecule has 0 bridgehead atoms. The molecule has 1 aliphatic rings. The number of nitrogens with one attached hydrogen (secondary N) is 1. The summed E-state index contributed by atoms with van der Waals surface area (Å²) in [5.74, 6) is -0.441. The van der Waals surface area contributed by atoms with Crippen LogP contribution < -0.4 is 5.32 Å². The van der Waals surface area contributed by atoms with Crippen molar-refractivity contribution in [3.8, 4) is 0 Å². The van der Waals surface area contributed by atoms with Crippen molar-refractivity contribution >= 4 is 0 Å². The van der Waals surface area contributed by atoms with E-state index < -0.39 is 5.79 Å². The van der Waals surface area contributed by atoms with E-state index in [4.69, 9.17) is 9.47 Å². The first kappa shape index (κ1) is 12.5. The number of hydrogen-bond acceptors (Lipinski definition) is 4. The Morgan fingerprint density at radius 1 is 1.47 bits per heavy atom. The summed E-state index contributed by atoms with van der Waals surface area (Å²) in [6.07, 6.45) is 3.76. The minimum atomic E-state index is -0.441. The van der Waals surface area contributed by atoms with Crippen molar-refractivity contribution < 1.29 is 9.47 Å². The van der Waals surface area contributed by atoms with Crippen LogP contribution in [0.1, 0.15) is 20.8 Å². The fourth-order valence-corrected chi connectivity index (χ4v) is 1.93. The second-order valence-corrected chi connectivity index (χ2v) is 5.01. The summed E-state index contributed by atoms with van der Waals surface area (Å²) >= 11 is 0. The Labute approximate surface area is 102 Å². The first-order valence-electron chi connectivity index (χ1n) is 6.06. The highest BCUT2D eigenvalue weighted by molar-refractivity contribution is 4.81. The summed E-state index contributed by atoms with van der Waals surface area (Å²) in [4.78, 5) is 0. The minimum Gasteiger partial charge on any atom is -0.349 e. The molecule has 0 aliphatic carbocycles. The SMILES string of the molecule is CC(Cn1cccn1)NC1COC(C)(C)OC1. The number of hydrogen-bond donors (Lipinski definition) is 1. The van der Waals surface area contributed by atoms with Crippen molar-refractivity contribution in [2.24, 2.45) is 0 Å². The summed E-state index contributed by atoms with van der Waals surface area (Å²) in [6, 6.07) is 2.53. The predicted octanol–water partition coefficient (Wildman–Crippen LogP) is 1.01. The van der Waals surface area contributed by atoms with Gasteiger partial charge in [-0.3, -0.25) is 4.68 Å². The molecule has 1 atom stereocenters. The van der Waals surface area contributed by atoms with Gasteiger partial charge >= 0.3 is 0 Å². The van der Waals surface area contributed by atoms with Gasteiger partial charge in [0.15, 0.2) is 5.79 Å². The Kier molecular flexibility index (Phi) is 3.81. The van der Waals surface area contributed by atoms with Crippen LogP contribution in [0.25, 0.3) is 0 Å². The largest absolute Gasteiger partial charge is 0.349 e. The third kappa shape index (κ3) is 3.80. The van der Waals surface area contributed by atoms with Gasteiger partial charge in [-0.15, -0.1) is 0 Å². The van der Waals surface area contributed by atoms with Crippen LogP contribution in [0, 0.1) is 0 Å². The zero-order chi connectivity index (χ0) is 12.3. The lowest BCUT2D eigenvalue weighted by molar-refractivity contribution is -0.253. The molecule has 1 aromatic heterocycles. The molecule has 2 rings (SSSR count). The highest BCUT2D eigenvalue weighted by Crippen LogP contribution is 2.17. The Balaban J connectivity index is 1.74. The zero-order valence-corrected chi connectivity index (χ0v) is 10.7. The summed E-state index contributed by atoms with van der Waals surface area (Å²) in [7, 11) is 0. The molecule has 96 valence electrons. The minimum absolute atomic E-state index is 0.258. The van der Waals surface area contributed by atoms with E-state index in [9.17, 15) is 0 Å². The smallest absolute Gasteiger partial charge is 0.162 e. The van der Waals surface area contributed by atoms with Gasteiger partial charge < -0.3 is 14.8 Å². The average Bonchev–Trinajstić information content (AvgIpc) is 2.74. The molecule has 0 aromatic carbocycles. The van der Waals surface area contributed by atoms with Gasteiger partial charge in [-0.1, -0.05) is 0 Å². The molecular formula is C12H21N3O2. The molecule has 5 nitrogen and oxygen atoms in total. The molecule has 5 heteroatoms. The van der Waals surface area contributed by atoms with Crippen LogP contribution in [0.15, 0.2) is 18.5 Å². The molecule has 0 amide bonds. The van der Waals surface area contributed by atoms with Crippen molar-refractivity contribution in [1.82, 2.24) is 15.1 Å². The van der Waals surface area contributed by atoms with E-state index in [-0.39, 0.29) is 6.04 Å². The maximum absolute atomic E-state index is 5.61.